The van der Waals surface area contributed by atoms with Gasteiger partial charge in [0.05, 0.1) is 17.0 Å². The molecule has 1 unspecified atom stereocenters. The van der Waals surface area contributed by atoms with Crippen LogP contribution < -0.4 is 5.32 Å². The summed E-state index contributed by atoms with van der Waals surface area (Å²) in [6.45, 7) is 3.70. The Labute approximate surface area is 121 Å². The molecule has 0 bridgehead atoms. The van der Waals surface area contributed by atoms with Crippen molar-refractivity contribution in [3.63, 3.8) is 0 Å². The van der Waals surface area contributed by atoms with Gasteiger partial charge < -0.3 is 15.5 Å². The van der Waals surface area contributed by atoms with Crippen LogP contribution in [0.15, 0.2) is 36.4 Å². The fraction of sp³-hybridized carbons (Fsp3) is 0.200. The Hall–Kier alpha value is -2.76. The summed E-state index contributed by atoms with van der Waals surface area (Å²) in [6, 6.07) is 8.77. The quantitative estimate of drug-likeness (QED) is 0.454. The predicted molar refractivity (Wildman–Crippen MR) is 79.6 cm³/mol. The Morgan fingerprint density at radius 2 is 1.90 bits per heavy atom. The van der Waals surface area contributed by atoms with Gasteiger partial charge in [0.1, 0.15) is 17.2 Å². The van der Waals surface area contributed by atoms with Crippen molar-refractivity contribution in [2.45, 2.75) is 19.9 Å². The first kappa shape index (κ1) is 14.6. The van der Waals surface area contributed by atoms with E-state index in [2.05, 4.69) is 5.32 Å². The van der Waals surface area contributed by atoms with Gasteiger partial charge in [-0.3, -0.25) is 10.1 Å². The van der Waals surface area contributed by atoms with Gasteiger partial charge in [0, 0.05) is 5.56 Å². The monoisotopic (exact) mass is 288 g/mol. The van der Waals surface area contributed by atoms with Crippen LogP contribution in [-0.2, 0) is 0 Å². The van der Waals surface area contributed by atoms with E-state index in [9.17, 15) is 20.3 Å². The summed E-state index contributed by atoms with van der Waals surface area (Å²) in [4.78, 5) is 10.5. The van der Waals surface area contributed by atoms with Crippen LogP contribution in [-0.4, -0.2) is 15.1 Å². The Morgan fingerprint density at radius 1 is 1.19 bits per heavy atom. The molecule has 0 fully saturated rings. The number of nitrogens with zero attached hydrogens (tertiary/aromatic N) is 1. The van der Waals surface area contributed by atoms with Crippen LogP contribution in [0.25, 0.3) is 0 Å². The average Bonchev–Trinajstić information content (AvgIpc) is 2.43. The number of aryl methyl sites for hydroxylation is 1. The van der Waals surface area contributed by atoms with Crippen molar-refractivity contribution in [3.05, 3.63) is 57.6 Å². The van der Waals surface area contributed by atoms with Gasteiger partial charge in [-0.15, -0.1) is 0 Å². The molecule has 0 saturated carbocycles. The number of phenols is 2. The van der Waals surface area contributed by atoms with Crippen molar-refractivity contribution in [1.82, 2.24) is 0 Å². The Balaban J connectivity index is 2.33. The van der Waals surface area contributed by atoms with Gasteiger partial charge in [0.25, 0.3) is 5.69 Å². The minimum absolute atomic E-state index is 0.127. The van der Waals surface area contributed by atoms with Crippen LogP contribution in [0.3, 0.4) is 0 Å². The first-order chi connectivity index (χ1) is 9.88. The lowest BCUT2D eigenvalue weighted by molar-refractivity contribution is -0.384. The molecule has 1 atom stereocenters. The van der Waals surface area contributed by atoms with E-state index in [1.807, 2.05) is 13.0 Å². The molecule has 0 aliphatic heterocycles. The van der Waals surface area contributed by atoms with Crippen molar-refractivity contribution in [2.24, 2.45) is 0 Å². The fourth-order valence-electron chi connectivity index (χ4n) is 2.12. The minimum atomic E-state index is -0.565. The smallest absolute Gasteiger partial charge is 0.296 e. The topological polar surface area (TPSA) is 95.6 Å². The van der Waals surface area contributed by atoms with Gasteiger partial charge in [-0.05, 0) is 32.0 Å². The second-order valence-corrected chi connectivity index (χ2v) is 4.89. The second kappa shape index (κ2) is 5.70. The van der Waals surface area contributed by atoms with Gasteiger partial charge in [0.2, 0.25) is 0 Å². The summed E-state index contributed by atoms with van der Waals surface area (Å²) >= 11 is 0. The van der Waals surface area contributed by atoms with E-state index >= 15 is 0 Å². The van der Waals surface area contributed by atoms with Crippen molar-refractivity contribution in [3.8, 4) is 11.5 Å². The predicted octanol–water partition coefficient (Wildman–Crippen LogP) is 3.49. The number of rotatable bonds is 4. The summed E-state index contributed by atoms with van der Waals surface area (Å²) in [6.07, 6.45) is 0. The molecule has 21 heavy (non-hydrogen) atoms. The molecule has 0 aliphatic rings. The van der Waals surface area contributed by atoms with Crippen LogP contribution in [0, 0.1) is 17.0 Å². The molecule has 2 aromatic rings. The minimum Gasteiger partial charge on any atom is -0.508 e. The number of nitro groups is 1. The Bertz CT molecular complexity index is 685. The number of hydrogen-bond donors (Lipinski definition) is 3. The van der Waals surface area contributed by atoms with Gasteiger partial charge in [-0.1, -0.05) is 17.7 Å². The van der Waals surface area contributed by atoms with Gasteiger partial charge in [-0.25, -0.2) is 0 Å². The zero-order valence-electron chi connectivity index (χ0n) is 11.7. The SMILES string of the molecule is Cc1ccc(O)c(C(C)Nc2ccc(O)cc2[N+](=O)[O-])c1. The second-order valence-electron chi connectivity index (χ2n) is 4.89. The van der Waals surface area contributed by atoms with Crippen molar-refractivity contribution < 1.29 is 15.1 Å². The summed E-state index contributed by atoms with van der Waals surface area (Å²) in [5.41, 5.74) is 1.70. The summed E-state index contributed by atoms with van der Waals surface area (Å²) in [5, 5.41) is 33.2. The highest BCUT2D eigenvalue weighted by atomic mass is 16.6. The molecule has 110 valence electrons. The van der Waals surface area contributed by atoms with E-state index in [0.29, 0.717) is 5.56 Å². The molecule has 0 amide bonds. The maximum absolute atomic E-state index is 11.0. The van der Waals surface area contributed by atoms with Crippen LogP contribution in [0.2, 0.25) is 0 Å². The van der Waals surface area contributed by atoms with Crippen LogP contribution in [0.5, 0.6) is 11.5 Å². The first-order valence-electron chi connectivity index (χ1n) is 6.42. The molecule has 3 N–H and O–H groups in total. The number of aromatic hydroxyl groups is 2. The maximum atomic E-state index is 11.0. The third-order valence-corrected chi connectivity index (χ3v) is 3.20. The number of hydrogen-bond acceptors (Lipinski definition) is 5. The lowest BCUT2D eigenvalue weighted by atomic mass is 10.0. The van der Waals surface area contributed by atoms with E-state index in [0.717, 1.165) is 11.6 Å². The summed E-state index contributed by atoms with van der Waals surface area (Å²) in [7, 11) is 0. The normalized spacial score (nSPS) is 11.9. The number of nitrogens with one attached hydrogen (secondary N) is 1. The highest BCUT2D eigenvalue weighted by molar-refractivity contribution is 5.64. The number of anilines is 1. The van der Waals surface area contributed by atoms with Crippen LogP contribution in [0.1, 0.15) is 24.1 Å². The molecule has 0 aromatic heterocycles. The van der Waals surface area contributed by atoms with E-state index in [1.54, 1.807) is 19.1 Å². The number of nitro benzene ring substituents is 1. The third-order valence-electron chi connectivity index (χ3n) is 3.20. The average molecular weight is 288 g/mol. The molecule has 0 heterocycles. The van der Waals surface area contributed by atoms with E-state index in [4.69, 9.17) is 0 Å². The zero-order chi connectivity index (χ0) is 15.6. The maximum Gasteiger partial charge on any atom is 0.296 e. The summed E-state index contributed by atoms with van der Waals surface area (Å²) in [5.74, 6) is -0.0414. The van der Waals surface area contributed by atoms with Crippen LogP contribution >= 0.6 is 0 Å². The third kappa shape index (κ3) is 3.22. The van der Waals surface area contributed by atoms with Crippen molar-refractivity contribution in [1.29, 1.82) is 0 Å². The number of benzene rings is 2. The molecule has 2 rings (SSSR count). The van der Waals surface area contributed by atoms with E-state index in [1.165, 1.54) is 12.1 Å². The molecule has 6 heteroatoms. The molecule has 0 saturated heterocycles. The van der Waals surface area contributed by atoms with Gasteiger partial charge >= 0.3 is 0 Å². The van der Waals surface area contributed by atoms with E-state index < -0.39 is 4.92 Å². The van der Waals surface area contributed by atoms with Crippen molar-refractivity contribution in [2.75, 3.05) is 5.32 Å². The highest BCUT2D eigenvalue weighted by Gasteiger charge is 2.18. The Morgan fingerprint density at radius 3 is 2.57 bits per heavy atom. The highest BCUT2D eigenvalue weighted by Crippen LogP contribution is 2.33. The lowest BCUT2D eigenvalue weighted by Gasteiger charge is -2.17. The molecule has 0 aliphatic carbocycles. The zero-order valence-corrected chi connectivity index (χ0v) is 11.7. The van der Waals surface area contributed by atoms with Crippen molar-refractivity contribution >= 4 is 11.4 Å². The number of phenolic OH excluding ortho intramolecular Hbond substituents is 2. The van der Waals surface area contributed by atoms with Crippen LogP contribution in [0.4, 0.5) is 11.4 Å². The lowest BCUT2D eigenvalue weighted by Crippen LogP contribution is -2.08. The molecule has 6 nitrogen and oxygen atoms in total. The van der Waals surface area contributed by atoms with E-state index in [-0.39, 0.29) is 28.9 Å². The first-order valence-corrected chi connectivity index (χ1v) is 6.42. The molecule has 2 aromatic carbocycles. The standard InChI is InChI=1S/C15H16N2O4/c1-9-3-6-15(19)12(7-9)10(2)16-13-5-4-11(18)8-14(13)17(20)21/h3-8,10,16,18-19H,1-2H3. The Kier molecular flexibility index (Phi) is 3.98. The molecule has 0 radical (unpaired) electrons. The summed E-state index contributed by atoms with van der Waals surface area (Å²) < 4.78 is 0. The molecular formula is C15H16N2O4. The fourth-order valence-corrected chi connectivity index (χ4v) is 2.12. The largest absolute Gasteiger partial charge is 0.508 e. The molecular weight excluding hydrogens is 272 g/mol. The molecule has 0 spiro atoms. The van der Waals surface area contributed by atoms with Gasteiger partial charge in [-0.2, -0.15) is 0 Å². The van der Waals surface area contributed by atoms with Gasteiger partial charge in [0.15, 0.2) is 0 Å².